The van der Waals surface area contributed by atoms with E-state index in [-0.39, 0.29) is 5.75 Å². The van der Waals surface area contributed by atoms with Crippen molar-refractivity contribution >= 4 is 17.8 Å². The third-order valence-electron chi connectivity index (χ3n) is 1.84. The molecule has 0 aliphatic heterocycles. The van der Waals surface area contributed by atoms with Crippen molar-refractivity contribution in [3.8, 4) is 5.75 Å². The lowest BCUT2D eigenvalue weighted by Gasteiger charge is -1.99. The van der Waals surface area contributed by atoms with Crippen LogP contribution in [0.1, 0.15) is 5.56 Å². The fourth-order valence-corrected chi connectivity index (χ4v) is 0.977. The number of benzene rings is 1. The number of hydrogen-bond acceptors (Lipinski definition) is 4. The molecule has 0 saturated heterocycles. The standard InChI is InChI=1S/C11H10O5/c12-8-4-1-7(2-5-8)3-6-9(13)10(14)11(15)16/h1-6,10,12,14H,(H,15,16)/b6-3+. The zero-order valence-corrected chi connectivity index (χ0v) is 8.20. The van der Waals surface area contributed by atoms with Gasteiger partial charge in [-0.3, -0.25) is 4.79 Å². The van der Waals surface area contributed by atoms with E-state index in [1.807, 2.05) is 0 Å². The number of carbonyl (C=O) groups excluding carboxylic acids is 1. The number of phenols is 1. The number of aromatic hydroxyl groups is 1. The number of carboxylic acid groups (broad SMARTS) is 1. The predicted octanol–water partition coefficient (Wildman–Crippen LogP) is 0.420. The van der Waals surface area contributed by atoms with Gasteiger partial charge in [0.15, 0.2) is 5.78 Å². The summed E-state index contributed by atoms with van der Waals surface area (Å²) in [5, 5.41) is 26.2. The summed E-state index contributed by atoms with van der Waals surface area (Å²) < 4.78 is 0. The Balaban J connectivity index is 2.70. The predicted molar refractivity (Wildman–Crippen MR) is 55.8 cm³/mol. The molecule has 0 fully saturated rings. The Morgan fingerprint density at radius 3 is 2.25 bits per heavy atom. The Morgan fingerprint density at radius 2 is 1.75 bits per heavy atom. The molecule has 5 nitrogen and oxygen atoms in total. The van der Waals surface area contributed by atoms with Gasteiger partial charge in [-0.05, 0) is 23.8 Å². The van der Waals surface area contributed by atoms with Crippen LogP contribution in [0.2, 0.25) is 0 Å². The fourth-order valence-electron chi connectivity index (χ4n) is 0.977. The Hall–Kier alpha value is -2.14. The normalized spacial score (nSPS) is 12.6. The third kappa shape index (κ3) is 3.21. The van der Waals surface area contributed by atoms with E-state index in [4.69, 9.17) is 15.3 Å². The first-order valence-corrected chi connectivity index (χ1v) is 4.42. The number of aliphatic carboxylic acids is 1. The average molecular weight is 222 g/mol. The number of rotatable bonds is 4. The molecule has 0 radical (unpaired) electrons. The summed E-state index contributed by atoms with van der Waals surface area (Å²) >= 11 is 0. The molecule has 0 aliphatic rings. The number of aliphatic hydroxyl groups is 1. The zero-order chi connectivity index (χ0) is 12.1. The van der Waals surface area contributed by atoms with Gasteiger partial charge in [0.05, 0.1) is 0 Å². The lowest BCUT2D eigenvalue weighted by molar-refractivity contribution is -0.150. The molecule has 0 aliphatic carbocycles. The van der Waals surface area contributed by atoms with Gasteiger partial charge in [0.2, 0.25) is 6.10 Å². The molecular formula is C11H10O5. The summed E-state index contributed by atoms with van der Waals surface area (Å²) in [4.78, 5) is 21.3. The second kappa shape index (κ2) is 5.09. The number of phenolic OH excluding ortho intramolecular Hbond substituents is 1. The van der Waals surface area contributed by atoms with Crippen molar-refractivity contribution in [2.24, 2.45) is 0 Å². The van der Waals surface area contributed by atoms with Crippen molar-refractivity contribution in [1.82, 2.24) is 0 Å². The van der Waals surface area contributed by atoms with E-state index in [1.165, 1.54) is 18.2 Å². The van der Waals surface area contributed by atoms with Crippen molar-refractivity contribution in [1.29, 1.82) is 0 Å². The molecule has 0 aromatic heterocycles. The van der Waals surface area contributed by atoms with E-state index in [2.05, 4.69) is 0 Å². The first-order chi connectivity index (χ1) is 7.50. The number of carbonyl (C=O) groups is 2. The minimum atomic E-state index is -2.03. The largest absolute Gasteiger partial charge is 0.508 e. The minimum absolute atomic E-state index is 0.0917. The van der Waals surface area contributed by atoms with Crippen LogP contribution < -0.4 is 0 Å². The smallest absolute Gasteiger partial charge is 0.340 e. The van der Waals surface area contributed by atoms with Gasteiger partial charge in [-0.25, -0.2) is 4.79 Å². The molecular weight excluding hydrogens is 212 g/mol. The number of hydrogen-bond donors (Lipinski definition) is 3. The molecule has 1 rings (SSSR count). The number of ketones is 1. The van der Waals surface area contributed by atoms with Crippen LogP contribution >= 0.6 is 0 Å². The highest BCUT2D eigenvalue weighted by molar-refractivity contribution is 6.08. The van der Waals surface area contributed by atoms with Crippen LogP contribution in [0, 0.1) is 0 Å². The molecule has 16 heavy (non-hydrogen) atoms. The van der Waals surface area contributed by atoms with Crippen molar-refractivity contribution < 1.29 is 24.9 Å². The Labute approximate surface area is 91.3 Å². The molecule has 3 N–H and O–H groups in total. The molecule has 84 valence electrons. The highest BCUT2D eigenvalue weighted by atomic mass is 16.4. The van der Waals surface area contributed by atoms with Crippen molar-refractivity contribution in [3.63, 3.8) is 0 Å². The van der Waals surface area contributed by atoms with Gasteiger partial charge in [-0.2, -0.15) is 0 Å². The second-order valence-corrected chi connectivity index (χ2v) is 3.07. The summed E-state index contributed by atoms with van der Waals surface area (Å²) in [5.41, 5.74) is 0.615. The quantitative estimate of drug-likeness (QED) is 0.507. The van der Waals surface area contributed by atoms with Crippen LogP contribution in [0.5, 0.6) is 5.75 Å². The van der Waals surface area contributed by atoms with Crippen molar-refractivity contribution in [2.45, 2.75) is 6.10 Å². The van der Waals surface area contributed by atoms with E-state index in [0.29, 0.717) is 5.56 Å². The van der Waals surface area contributed by atoms with Crippen LogP contribution in [0.3, 0.4) is 0 Å². The SMILES string of the molecule is O=C(O)C(O)C(=O)/C=C/c1ccc(O)cc1. The van der Waals surface area contributed by atoms with Gasteiger partial charge in [-0.1, -0.05) is 18.2 Å². The van der Waals surface area contributed by atoms with E-state index >= 15 is 0 Å². The van der Waals surface area contributed by atoms with Crippen LogP contribution in [-0.2, 0) is 9.59 Å². The van der Waals surface area contributed by atoms with E-state index in [0.717, 1.165) is 6.08 Å². The van der Waals surface area contributed by atoms with Crippen LogP contribution in [-0.4, -0.2) is 33.2 Å². The molecule has 0 amide bonds. The monoisotopic (exact) mass is 222 g/mol. The maximum absolute atomic E-state index is 11.1. The molecule has 1 aromatic rings. The first kappa shape index (κ1) is 11.9. The lowest BCUT2D eigenvalue weighted by Crippen LogP contribution is -2.27. The summed E-state index contributed by atoms with van der Waals surface area (Å²) in [6.07, 6.45) is 0.299. The summed E-state index contributed by atoms with van der Waals surface area (Å²) in [7, 11) is 0. The van der Waals surface area contributed by atoms with Crippen molar-refractivity contribution in [3.05, 3.63) is 35.9 Å². The number of carboxylic acids is 1. The van der Waals surface area contributed by atoms with Crippen LogP contribution in [0.15, 0.2) is 30.3 Å². The maximum Gasteiger partial charge on any atom is 0.340 e. The highest BCUT2D eigenvalue weighted by Crippen LogP contribution is 2.10. The second-order valence-electron chi connectivity index (χ2n) is 3.07. The maximum atomic E-state index is 11.1. The molecule has 1 unspecified atom stereocenters. The molecule has 0 spiro atoms. The van der Waals surface area contributed by atoms with Gasteiger partial charge < -0.3 is 15.3 Å². The Bertz CT molecular complexity index is 419. The summed E-state index contributed by atoms with van der Waals surface area (Å²) in [6, 6.07) is 5.95. The molecule has 0 heterocycles. The van der Waals surface area contributed by atoms with Crippen LogP contribution in [0.25, 0.3) is 6.08 Å². The van der Waals surface area contributed by atoms with Gasteiger partial charge in [-0.15, -0.1) is 0 Å². The molecule has 5 heteroatoms. The lowest BCUT2D eigenvalue weighted by atomic mass is 10.1. The van der Waals surface area contributed by atoms with E-state index < -0.39 is 17.9 Å². The van der Waals surface area contributed by atoms with Crippen molar-refractivity contribution in [2.75, 3.05) is 0 Å². The molecule has 1 atom stereocenters. The summed E-state index contributed by atoms with van der Waals surface area (Å²) in [6.45, 7) is 0. The first-order valence-electron chi connectivity index (χ1n) is 4.42. The van der Waals surface area contributed by atoms with Gasteiger partial charge >= 0.3 is 5.97 Å². The van der Waals surface area contributed by atoms with Gasteiger partial charge in [0.25, 0.3) is 0 Å². The zero-order valence-electron chi connectivity index (χ0n) is 8.20. The fraction of sp³-hybridized carbons (Fsp3) is 0.0909. The molecule has 1 aromatic carbocycles. The third-order valence-corrected chi connectivity index (χ3v) is 1.84. The van der Waals surface area contributed by atoms with E-state index in [9.17, 15) is 9.59 Å². The summed E-state index contributed by atoms with van der Waals surface area (Å²) in [5.74, 6) is -2.39. The molecule has 0 bridgehead atoms. The molecule has 0 saturated carbocycles. The highest BCUT2D eigenvalue weighted by Gasteiger charge is 2.19. The number of aliphatic hydroxyl groups excluding tert-OH is 1. The Morgan fingerprint density at radius 1 is 1.19 bits per heavy atom. The van der Waals surface area contributed by atoms with Gasteiger partial charge in [0, 0.05) is 0 Å². The topological polar surface area (TPSA) is 94.8 Å². The Kier molecular flexibility index (Phi) is 3.79. The minimum Gasteiger partial charge on any atom is -0.508 e. The van der Waals surface area contributed by atoms with Crippen LogP contribution in [0.4, 0.5) is 0 Å². The van der Waals surface area contributed by atoms with Gasteiger partial charge in [0.1, 0.15) is 5.75 Å². The van der Waals surface area contributed by atoms with E-state index in [1.54, 1.807) is 12.1 Å². The average Bonchev–Trinajstić information content (AvgIpc) is 2.26.